The lowest BCUT2D eigenvalue weighted by molar-refractivity contribution is -0.0231. The standard InChI is InChI=1S/C24H35BrO4Si/c1-17(15-26)28-18(2)21-13-20(29-30(6,7)24(3,4)5)14-22(25)23(21)27-16-19-11-9-8-10-12-19/h8-14,17-18,26H,15-16H2,1-7H3/t17-,18+/m1/s1. The van der Waals surface area contributed by atoms with Crippen LogP contribution in [0.5, 0.6) is 11.5 Å². The summed E-state index contributed by atoms with van der Waals surface area (Å²) >= 11 is 3.69. The molecule has 166 valence electrons. The number of aliphatic hydroxyl groups is 1. The van der Waals surface area contributed by atoms with E-state index in [1.807, 2.05) is 56.3 Å². The van der Waals surface area contributed by atoms with Crippen molar-refractivity contribution in [3.8, 4) is 11.5 Å². The van der Waals surface area contributed by atoms with Crippen molar-refractivity contribution in [2.45, 2.75) is 71.6 Å². The normalized spacial score (nSPS) is 14.3. The van der Waals surface area contributed by atoms with Crippen LogP contribution in [0, 0.1) is 0 Å². The zero-order valence-corrected chi connectivity index (χ0v) is 21.7. The van der Waals surface area contributed by atoms with Gasteiger partial charge < -0.3 is 19.0 Å². The van der Waals surface area contributed by atoms with Crippen LogP contribution in [0.3, 0.4) is 0 Å². The first-order valence-electron chi connectivity index (χ1n) is 10.4. The molecule has 0 fully saturated rings. The lowest BCUT2D eigenvalue weighted by Crippen LogP contribution is -2.43. The fraction of sp³-hybridized carbons (Fsp3) is 0.500. The average Bonchev–Trinajstić information content (AvgIpc) is 2.66. The molecule has 0 aliphatic rings. The second-order valence-electron chi connectivity index (χ2n) is 9.23. The molecule has 0 saturated carbocycles. The number of benzene rings is 2. The highest BCUT2D eigenvalue weighted by Gasteiger charge is 2.39. The Hall–Kier alpha value is -1.34. The van der Waals surface area contributed by atoms with Gasteiger partial charge in [-0.05, 0) is 65.6 Å². The van der Waals surface area contributed by atoms with Gasteiger partial charge in [0.15, 0.2) is 0 Å². The molecule has 0 amide bonds. The van der Waals surface area contributed by atoms with E-state index in [0.717, 1.165) is 27.1 Å². The maximum Gasteiger partial charge on any atom is 0.250 e. The minimum atomic E-state index is -2.00. The summed E-state index contributed by atoms with van der Waals surface area (Å²) in [6.07, 6.45) is -0.539. The van der Waals surface area contributed by atoms with Crippen LogP contribution in [0.2, 0.25) is 18.1 Å². The Bertz CT molecular complexity index is 818. The molecule has 2 rings (SSSR count). The minimum Gasteiger partial charge on any atom is -0.543 e. The molecule has 0 bridgehead atoms. The van der Waals surface area contributed by atoms with E-state index in [4.69, 9.17) is 13.9 Å². The van der Waals surface area contributed by atoms with Gasteiger partial charge in [0.1, 0.15) is 18.1 Å². The molecule has 30 heavy (non-hydrogen) atoms. The molecule has 0 spiro atoms. The molecule has 6 heteroatoms. The van der Waals surface area contributed by atoms with Crippen molar-refractivity contribution in [3.63, 3.8) is 0 Å². The van der Waals surface area contributed by atoms with E-state index in [9.17, 15) is 5.11 Å². The van der Waals surface area contributed by atoms with Crippen LogP contribution in [-0.4, -0.2) is 26.1 Å². The molecule has 4 nitrogen and oxygen atoms in total. The molecular formula is C24H35BrO4Si. The molecule has 0 saturated heterocycles. The molecule has 0 radical (unpaired) electrons. The zero-order valence-electron chi connectivity index (χ0n) is 19.2. The summed E-state index contributed by atoms with van der Waals surface area (Å²) in [4.78, 5) is 0. The zero-order chi connectivity index (χ0) is 22.5. The summed E-state index contributed by atoms with van der Waals surface area (Å²) < 4.78 is 19.6. The Morgan fingerprint density at radius 3 is 2.27 bits per heavy atom. The highest BCUT2D eigenvalue weighted by molar-refractivity contribution is 9.10. The summed E-state index contributed by atoms with van der Waals surface area (Å²) in [6.45, 7) is 15.4. The van der Waals surface area contributed by atoms with Crippen LogP contribution in [-0.2, 0) is 11.3 Å². The molecule has 0 unspecified atom stereocenters. The Balaban J connectivity index is 2.39. The molecule has 0 heterocycles. The number of halogens is 1. The van der Waals surface area contributed by atoms with Crippen molar-refractivity contribution in [2.24, 2.45) is 0 Å². The second kappa shape index (κ2) is 10.3. The van der Waals surface area contributed by atoms with Gasteiger partial charge in [-0.25, -0.2) is 0 Å². The number of rotatable bonds is 9. The van der Waals surface area contributed by atoms with Crippen LogP contribution in [0.1, 0.15) is 51.8 Å². The lowest BCUT2D eigenvalue weighted by atomic mass is 10.1. The third kappa shape index (κ3) is 6.58. The molecule has 2 aromatic carbocycles. The van der Waals surface area contributed by atoms with Gasteiger partial charge in [-0.1, -0.05) is 51.1 Å². The van der Waals surface area contributed by atoms with Crippen molar-refractivity contribution in [2.75, 3.05) is 6.61 Å². The van der Waals surface area contributed by atoms with Crippen LogP contribution >= 0.6 is 15.9 Å². The summed E-state index contributed by atoms with van der Waals surface area (Å²) in [5, 5.41) is 9.51. The third-order valence-electron chi connectivity index (χ3n) is 5.58. The van der Waals surface area contributed by atoms with Crippen LogP contribution < -0.4 is 9.16 Å². The van der Waals surface area contributed by atoms with Gasteiger partial charge in [0, 0.05) is 5.56 Å². The maximum absolute atomic E-state index is 9.42. The van der Waals surface area contributed by atoms with Gasteiger partial charge in [0.25, 0.3) is 0 Å². The molecule has 0 aliphatic heterocycles. The van der Waals surface area contributed by atoms with E-state index in [0.29, 0.717) is 6.61 Å². The number of ether oxygens (including phenoxy) is 2. The van der Waals surface area contributed by atoms with E-state index < -0.39 is 8.32 Å². The Labute approximate surface area is 190 Å². The predicted molar refractivity (Wildman–Crippen MR) is 129 cm³/mol. The minimum absolute atomic E-state index is 0.0358. The largest absolute Gasteiger partial charge is 0.543 e. The van der Waals surface area contributed by atoms with Crippen molar-refractivity contribution in [1.82, 2.24) is 0 Å². The smallest absolute Gasteiger partial charge is 0.250 e. The molecule has 2 aromatic rings. The number of hydrogen-bond acceptors (Lipinski definition) is 4. The van der Waals surface area contributed by atoms with E-state index in [-0.39, 0.29) is 23.9 Å². The van der Waals surface area contributed by atoms with Crippen LogP contribution in [0.25, 0.3) is 0 Å². The van der Waals surface area contributed by atoms with Gasteiger partial charge in [-0.2, -0.15) is 0 Å². The monoisotopic (exact) mass is 494 g/mol. The summed E-state index contributed by atoms with van der Waals surface area (Å²) in [5.74, 6) is 1.54. The first kappa shape index (κ1) is 24.9. The quantitative estimate of drug-likeness (QED) is 0.386. The van der Waals surface area contributed by atoms with Gasteiger partial charge in [-0.15, -0.1) is 0 Å². The summed E-state index contributed by atoms with van der Waals surface area (Å²) in [7, 11) is -2.00. The van der Waals surface area contributed by atoms with Crippen LogP contribution in [0.15, 0.2) is 46.9 Å². The fourth-order valence-electron chi connectivity index (χ4n) is 2.74. The van der Waals surface area contributed by atoms with E-state index in [2.05, 4.69) is 49.8 Å². The molecule has 0 aromatic heterocycles. The summed E-state index contributed by atoms with van der Waals surface area (Å²) in [6, 6.07) is 14.1. The molecule has 1 N–H and O–H groups in total. The van der Waals surface area contributed by atoms with E-state index in [1.165, 1.54) is 0 Å². The first-order valence-corrected chi connectivity index (χ1v) is 14.1. The highest BCUT2D eigenvalue weighted by atomic mass is 79.9. The van der Waals surface area contributed by atoms with Crippen LogP contribution in [0.4, 0.5) is 0 Å². The average molecular weight is 496 g/mol. The van der Waals surface area contributed by atoms with Gasteiger partial charge in [0.2, 0.25) is 8.32 Å². The lowest BCUT2D eigenvalue weighted by Gasteiger charge is -2.36. The Morgan fingerprint density at radius 1 is 1.07 bits per heavy atom. The van der Waals surface area contributed by atoms with Crippen molar-refractivity contribution < 1.29 is 19.0 Å². The predicted octanol–water partition coefficient (Wildman–Crippen LogP) is 6.87. The van der Waals surface area contributed by atoms with Gasteiger partial charge >= 0.3 is 0 Å². The number of hydrogen-bond donors (Lipinski definition) is 1. The number of aliphatic hydroxyl groups excluding tert-OH is 1. The van der Waals surface area contributed by atoms with Crippen molar-refractivity contribution in [3.05, 3.63) is 58.1 Å². The third-order valence-corrected chi connectivity index (χ3v) is 10.5. The summed E-state index contributed by atoms with van der Waals surface area (Å²) in [5.41, 5.74) is 1.99. The molecule has 0 aliphatic carbocycles. The SMILES string of the molecule is C[C@H](CO)O[C@@H](C)c1cc(O[Si](C)(C)C(C)(C)C)cc(Br)c1OCc1ccccc1. The highest BCUT2D eigenvalue weighted by Crippen LogP contribution is 2.42. The van der Waals surface area contributed by atoms with Crippen molar-refractivity contribution >= 4 is 24.2 Å². The van der Waals surface area contributed by atoms with E-state index in [1.54, 1.807) is 0 Å². The Kier molecular flexibility index (Phi) is 8.57. The van der Waals surface area contributed by atoms with Crippen molar-refractivity contribution in [1.29, 1.82) is 0 Å². The topological polar surface area (TPSA) is 47.9 Å². The van der Waals surface area contributed by atoms with Gasteiger partial charge in [0.05, 0.1) is 23.3 Å². The van der Waals surface area contributed by atoms with E-state index >= 15 is 0 Å². The maximum atomic E-state index is 9.42. The fourth-order valence-corrected chi connectivity index (χ4v) is 4.33. The Morgan fingerprint density at radius 2 is 1.70 bits per heavy atom. The molecular weight excluding hydrogens is 460 g/mol. The second-order valence-corrected chi connectivity index (χ2v) is 14.8. The molecule has 2 atom stereocenters. The first-order chi connectivity index (χ1) is 13.9. The van der Waals surface area contributed by atoms with Gasteiger partial charge in [-0.3, -0.25) is 0 Å².